The van der Waals surface area contributed by atoms with Crippen LogP contribution in [0, 0.1) is 0 Å². The molecule has 0 radical (unpaired) electrons. The predicted octanol–water partition coefficient (Wildman–Crippen LogP) is 1.57. The second-order valence-corrected chi connectivity index (χ2v) is 4.97. The van der Waals surface area contributed by atoms with Gasteiger partial charge in [-0.1, -0.05) is 30.0 Å². The van der Waals surface area contributed by atoms with Crippen LogP contribution in [-0.4, -0.2) is 35.0 Å². The molecule has 0 atom stereocenters. The highest BCUT2D eigenvalue weighted by atomic mass is 32.2. The summed E-state index contributed by atoms with van der Waals surface area (Å²) in [5.74, 6) is 1.42. The maximum Gasteiger partial charge on any atom is 0.191 e. The smallest absolute Gasteiger partial charge is 0.191 e. The van der Waals surface area contributed by atoms with E-state index >= 15 is 0 Å². The summed E-state index contributed by atoms with van der Waals surface area (Å²) in [4.78, 5) is 0. The van der Waals surface area contributed by atoms with Crippen molar-refractivity contribution < 1.29 is 0 Å². The van der Waals surface area contributed by atoms with Crippen molar-refractivity contribution in [3.05, 3.63) is 42.5 Å². The van der Waals surface area contributed by atoms with Crippen molar-refractivity contribution in [1.29, 1.82) is 0 Å². The van der Waals surface area contributed by atoms with Gasteiger partial charge in [0.25, 0.3) is 0 Å². The normalized spacial score (nSPS) is 10.8. The van der Waals surface area contributed by atoms with Gasteiger partial charge in [0.15, 0.2) is 11.0 Å². The zero-order chi connectivity index (χ0) is 13.8. The number of aromatic nitrogens is 7. The van der Waals surface area contributed by atoms with Gasteiger partial charge in [-0.05, 0) is 29.5 Å². The van der Waals surface area contributed by atoms with Crippen LogP contribution in [0.2, 0.25) is 0 Å². The molecule has 0 unspecified atom stereocenters. The fourth-order valence-electron chi connectivity index (χ4n) is 1.77. The SMILES string of the molecule is CCn1cnnc1SCc1nnnn1-c1ccccc1. The van der Waals surface area contributed by atoms with Gasteiger partial charge in [0.1, 0.15) is 6.33 Å². The molecule has 8 heteroatoms. The Kier molecular flexibility index (Phi) is 3.73. The van der Waals surface area contributed by atoms with Crippen LogP contribution >= 0.6 is 11.8 Å². The zero-order valence-electron chi connectivity index (χ0n) is 10.9. The molecule has 0 aliphatic heterocycles. The van der Waals surface area contributed by atoms with Crippen molar-refractivity contribution >= 4 is 11.8 Å². The van der Waals surface area contributed by atoms with Crippen LogP contribution in [0.4, 0.5) is 0 Å². The van der Waals surface area contributed by atoms with Gasteiger partial charge < -0.3 is 4.57 Å². The first-order valence-corrected chi connectivity index (χ1v) is 7.20. The summed E-state index contributed by atoms with van der Waals surface area (Å²) >= 11 is 1.57. The topological polar surface area (TPSA) is 74.3 Å². The Labute approximate surface area is 120 Å². The molecule has 0 bridgehead atoms. The van der Waals surface area contributed by atoms with Crippen molar-refractivity contribution in [2.45, 2.75) is 24.4 Å². The number of aryl methyl sites for hydroxylation is 1. The molecule has 1 aromatic carbocycles. The molecule has 20 heavy (non-hydrogen) atoms. The first-order chi connectivity index (χ1) is 9.88. The molecule has 0 saturated carbocycles. The number of thioether (sulfide) groups is 1. The van der Waals surface area contributed by atoms with Crippen LogP contribution in [-0.2, 0) is 12.3 Å². The van der Waals surface area contributed by atoms with Crippen LogP contribution in [0.3, 0.4) is 0 Å². The van der Waals surface area contributed by atoms with Gasteiger partial charge in [-0.2, -0.15) is 4.68 Å². The molecule has 3 rings (SSSR count). The van der Waals surface area contributed by atoms with E-state index in [0.29, 0.717) is 5.75 Å². The van der Waals surface area contributed by atoms with Gasteiger partial charge in [0.05, 0.1) is 11.4 Å². The van der Waals surface area contributed by atoms with Crippen LogP contribution in [0.15, 0.2) is 41.8 Å². The third kappa shape index (κ3) is 2.55. The van der Waals surface area contributed by atoms with E-state index in [1.165, 1.54) is 0 Å². The quantitative estimate of drug-likeness (QED) is 0.663. The predicted molar refractivity (Wildman–Crippen MR) is 74.4 cm³/mol. The third-order valence-corrected chi connectivity index (χ3v) is 3.76. The highest BCUT2D eigenvalue weighted by Crippen LogP contribution is 2.20. The van der Waals surface area contributed by atoms with Crippen LogP contribution in [0.25, 0.3) is 5.69 Å². The summed E-state index contributed by atoms with van der Waals surface area (Å²) in [5, 5.41) is 20.7. The lowest BCUT2D eigenvalue weighted by molar-refractivity contribution is 0.680. The van der Waals surface area contributed by atoms with Gasteiger partial charge in [0, 0.05) is 6.54 Å². The maximum absolute atomic E-state index is 4.09. The summed E-state index contributed by atoms with van der Waals surface area (Å²) < 4.78 is 3.72. The number of rotatable bonds is 5. The summed E-state index contributed by atoms with van der Waals surface area (Å²) in [6.07, 6.45) is 1.72. The number of hydrogen-bond acceptors (Lipinski definition) is 6. The van der Waals surface area contributed by atoms with Crippen molar-refractivity contribution in [2.24, 2.45) is 0 Å². The summed E-state index contributed by atoms with van der Waals surface area (Å²) in [6.45, 7) is 2.90. The lowest BCUT2D eigenvalue weighted by Gasteiger charge is -2.04. The highest BCUT2D eigenvalue weighted by Gasteiger charge is 2.10. The van der Waals surface area contributed by atoms with Crippen molar-refractivity contribution in [3.63, 3.8) is 0 Å². The minimum absolute atomic E-state index is 0.639. The molecule has 2 aromatic heterocycles. The van der Waals surface area contributed by atoms with Gasteiger partial charge in [-0.15, -0.1) is 15.3 Å². The number of benzene rings is 1. The average molecular weight is 287 g/mol. The van der Waals surface area contributed by atoms with E-state index in [1.807, 2.05) is 34.9 Å². The molecule has 0 saturated heterocycles. The van der Waals surface area contributed by atoms with Gasteiger partial charge in [0.2, 0.25) is 0 Å². The van der Waals surface area contributed by atoms with E-state index in [9.17, 15) is 0 Å². The molecule has 0 N–H and O–H groups in total. The molecule has 0 aliphatic carbocycles. The van der Waals surface area contributed by atoms with E-state index in [2.05, 4.69) is 32.6 Å². The highest BCUT2D eigenvalue weighted by molar-refractivity contribution is 7.98. The van der Waals surface area contributed by atoms with Gasteiger partial charge in [-0.3, -0.25) is 0 Å². The average Bonchev–Trinajstić information content (AvgIpc) is 3.14. The Morgan fingerprint density at radius 2 is 2.00 bits per heavy atom. The second kappa shape index (κ2) is 5.83. The van der Waals surface area contributed by atoms with Crippen LogP contribution in [0.5, 0.6) is 0 Å². The third-order valence-electron chi connectivity index (χ3n) is 2.79. The summed E-state index contributed by atoms with van der Waals surface area (Å²) in [7, 11) is 0. The standard InChI is InChI=1S/C12H13N7S/c1-2-18-9-13-15-12(18)20-8-11-14-16-17-19(11)10-6-4-3-5-7-10/h3-7,9H,2,8H2,1H3. The van der Waals surface area contributed by atoms with E-state index in [4.69, 9.17) is 0 Å². The number of tetrazole rings is 1. The first-order valence-electron chi connectivity index (χ1n) is 6.21. The molecular formula is C12H13N7S. The largest absolute Gasteiger partial charge is 0.309 e. The summed E-state index contributed by atoms with van der Waals surface area (Å²) in [6, 6.07) is 9.83. The van der Waals surface area contributed by atoms with Gasteiger partial charge in [-0.25, -0.2) is 0 Å². The monoisotopic (exact) mass is 287 g/mol. The minimum Gasteiger partial charge on any atom is -0.309 e. The number of para-hydroxylation sites is 1. The Morgan fingerprint density at radius 1 is 1.15 bits per heavy atom. The Morgan fingerprint density at radius 3 is 2.80 bits per heavy atom. The van der Waals surface area contributed by atoms with Gasteiger partial charge >= 0.3 is 0 Å². The molecule has 0 amide bonds. The van der Waals surface area contributed by atoms with Crippen LogP contribution in [0.1, 0.15) is 12.7 Å². The number of hydrogen-bond donors (Lipinski definition) is 0. The zero-order valence-corrected chi connectivity index (χ0v) is 11.7. The Bertz CT molecular complexity index is 676. The molecule has 0 fully saturated rings. The van der Waals surface area contributed by atoms with Crippen molar-refractivity contribution in [3.8, 4) is 5.69 Å². The first kappa shape index (κ1) is 12.8. The van der Waals surface area contributed by atoms with Crippen molar-refractivity contribution in [2.75, 3.05) is 0 Å². The van der Waals surface area contributed by atoms with E-state index < -0.39 is 0 Å². The summed E-state index contributed by atoms with van der Waals surface area (Å²) in [5.41, 5.74) is 0.949. The second-order valence-electron chi connectivity index (χ2n) is 4.03. The van der Waals surface area contributed by atoms with Crippen molar-refractivity contribution in [1.82, 2.24) is 35.0 Å². The van der Waals surface area contributed by atoms with E-state index in [-0.39, 0.29) is 0 Å². The minimum atomic E-state index is 0.639. The molecule has 0 aliphatic rings. The Hall–Kier alpha value is -2.22. The lowest BCUT2D eigenvalue weighted by Crippen LogP contribution is -2.02. The molecule has 2 heterocycles. The molecule has 3 aromatic rings. The maximum atomic E-state index is 4.09. The molecular weight excluding hydrogens is 274 g/mol. The van der Waals surface area contributed by atoms with E-state index in [1.54, 1.807) is 22.8 Å². The molecule has 7 nitrogen and oxygen atoms in total. The Balaban J connectivity index is 1.78. The number of nitrogens with zero attached hydrogens (tertiary/aromatic N) is 7. The fourth-order valence-corrected chi connectivity index (χ4v) is 2.65. The molecule has 0 spiro atoms. The molecule has 102 valence electrons. The lowest BCUT2D eigenvalue weighted by atomic mass is 10.3. The van der Waals surface area contributed by atoms with E-state index in [0.717, 1.165) is 23.2 Å². The fraction of sp³-hybridized carbons (Fsp3) is 0.250. The van der Waals surface area contributed by atoms with Crippen LogP contribution < -0.4 is 0 Å².